The minimum atomic E-state index is -1.32. The van der Waals surface area contributed by atoms with Crippen LogP contribution < -0.4 is 20.4 Å². The molecule has 240 valence electrons. The molecule has 1 aliphatic heterocycles. The van der Waals surface area contributed by atoms with E-state index in [-0.39, 0.29) is 38.8 Å². The number of rotatable bonds is 9. The maximum Gasteiger partial charge on any atom is 0.282 e. The predicted molar refractivity (Wildman–Crippen MR) is 184 cm³/mol. The van der Waals surface area contributed by atoms with Crippen LogP contribution in [0.4, 0.5) is 17.1 Å². The van der Waals surface area contributed by atoms with E-state index in [1.165, 1.54) is 18.2 Å². The van der Waals surface area contributed by atoms with E-state index in [2.05, 4.69) is 26.0 Å². The van der Waals surface area contributed by atoms with Gasteiger partial charge in [0.25, 0.3) is 17.7 Å². The lowest BCUT2D eigenvalue weighted by atomic mass is 10.1. The van der Waals surface area contributed by atoms with E-state index in [0.29, 0.717) is 17.1 Å². The highest BCUT2D eigenvalue weighted by Gasteiger charge is 2.40. The Bertz CT molecular complexity index is 1890. The number of azo groups is 1. The number of halogens is 3. The zero-order valence-electron chi connectivity index (χ0n) is 25.6. The third-order valence-electron chi connectivity index (χ3n) is 7.08. The van der Waals surface area contributed by atoms with Crippen LogP contribution in [0.5, 0.6) is 5.75 Å². The summed E-state index contributed by atoms with van der Waals surface area (Å²) in [6.07, 6.45) is 0.852. The number of nitrogens with one attached hydrogen (secondary N) is 2. The fourth-order valence-electron chi connectivity index (χ4n) is 4.69. The summed E-state index contributed by atoms with van der Waals surface area (Å²) in [7, 11) is 0. The first-order valence-electron chi connectivity index (χ1n) is 14.5. The van der Waals surface area contributed by atoms with Gasteiger partial charge < -0.3 is 15.4 Å². The average molecular weight is 692 g/mol. The number of hydrazone groups is 1. The third-order valence-corrected chi connectivity index (χ3v) is 7.87. The van der Waals surface area contributed by atoms with Crippen LogP contribution in [-0.4, -0.2) is 36.2 Å². The van der Waals surface area contributed by atoms with Crippen molar-refractivity contribution in [1.82, 2.24) is 5.32 Å². The SMILES string of the molecule is CCc1ccc(N=NC2C(=O)N(c3c(Cl)cc(Cl)cc3Cl)N=C2NC(=O)c2cccc(NC(=O)COc3ccc(C)cc3C)c2)cc1. The second-order valence-corrected chi connectivity index (χ2v) is 11.9. The number of carbonyl (C=O) groups is 3. The van der Waals surface area contributed by atoms with Gasteiger partial charge in [0, 0.05) is 16.3 Å². The molecular formula is C34H29Cl3N6O4. The Morgan fingerprint density at radius 2 is 1.66 bits per heavy atom. The molecule has 0 radical (unpaired) electrons. The molecule has 0 spiro atoms. The first-order chi connectivity index (χ1) is 22.5. The molecule has 0 fully saturated rings. The van der Waals surface area contributed by atoms with Crippen LogP contribution in [0.15, 0.2) is 94.2 Å². The van der Waals surface area contributed by atoms with Gasteiger partial charge in [0.15, 0.2) is 12.4 Å². The number of ether oxygens (including phenoxy) is 1. The Morgan fingerprint density at radius 3 is 2.34 bits per heavy atom. The van der Waals surface area contributed by atoms with Gasteiger partial charge in [-0.1, -0.05) is 77.6 Å². The van der Waals surface area contributed by atoms with Crippen LogP contribution in [0.2, 0.25) is 15.1 Å². The summed E-state index contributed by atoms with van der Waals surface area (Å²) in [5.41, 5.74) is 4.24. The molecule has 3 amide bonds. The average Bonchev–Trinajstić information content (AvgIpc) is 3.33. The number of carbonyl (C=O) groups excluding carboxylic acids is 3. The maximum atomic E-state index is 13.6. The van der Waals surface area contributed by atoms with Gasteiger partial charge in [-0.3, -0.25) is 14.4 Å². The van der Waals surface area contributed by atoms with Gasteiger partial charge in [-0.2, -0.15) is 15.2 Å². The van der Waals surface area contributed by atoms with Gasteiger partial charge in [-0.25, -0.2) is 0 Å². The summed E-state index contributed by atoms with van der Waals surface area (Å²) >= 11 is 18.9. The van der Waals surface area contributed by atoms with Crippen molar-refractivity contribution in [3.8, 4) is 5.75 Å². The van der Waals surface area contributed by atoms with Crippen molar-refractivity contribution in [2.24, 2.45) is 15.3 Å². The number of nitrogens with zero attached hydrogens (tertiary/aromatic N) is 4. The largest absolute Gasteiger partial charge is 0.483 e. The molecule has 47 heavy (non-hydrogen) atoms. The summed E-state index contributed by atoms with van der Waals surface area (Å²) in [4.78, 5) is 39.7. The summed E-state index contributed by atoms with van der Waals surface area (Å²) in [6, 6.07) is 20.8. The fraction of sp³-hybridized carbons (Fsp3) is 0.176. The summed E-state index contributed by atoms with van der Waals surface area (Å²) < 4.78 is 5.66. The molecule has 13 heteroatoms. The van der Waals surface area contributed by atoms with Crippen molar-refractivity contribution in [2.75, 3.05) is 16.9 Å². The summed E-state index contributed by atoms with van der Waals surface area (Å²) in [5, 5.41) is 19.6. The van der Waals surface area contributed by atoms with Crippen LogP contribution in [-0.2, 0) is 16.0 Å². The highest BCUT2D eigenvalue weighted by atomic mass is 35.5. The topological polar surface area (TPSA) is 125 Å². The van der Waals surface area contributed by atoms with Gasteiger partial charge in [0.05, 0.1) is 15.7 Å². The van der Waals surface area contributed by atoms with E-state index < -0.39 is 23.8 Å². The number of benzene rings is 4. The first-order valence-corrected chi connectivity index (χ1v) is 15.6. The molecule has 1 aliphatic rings. The second kappa shape index (κ2) is 14.8. The Morgan fingerprint density at radius 1 is 0.936 bits per heavy atom. The smallest absolute Gasteiger partial charge is 0.282 e. The Kier molecular flexibility index (Phi) is 10.6. The van der Waals surface area contributed by atoms with E-state index >= 15 is 0 Å². The van der Waals surface area contributed by atoms with Gasteiger partial charge in [-0.05, 0) is 79.9 Å². The number of anilines is 2. The molecule has 4 aromatic rings. The van der Waals surface area contributed by atoms with Crippen molar-refractivity contribution in [2.45, 2.75) is 33.2 Å². The highest BCUT2D eigenvalue weighted by molar-refractivity contribution is 6.43. The Labute approximate surface area is 286 Å². The van der Waals surface area contributed by atoms with Crippen molar-refractivity contribution < 1.29 is 19.1 Å². The lowest BCUT2D eigenvalue weighted by Crippen LogP contribution is -2.39. The van der Waals surface area contributed by atoms with Crippen LogP contribution in [0.25, 0.3) is 0 Å². The molecule has 1 heterocycles. The number of amides is 3. The van der Waals surface area contributed by atoms with E-state index in [1.54, 1.807) is 30.3 Å². The molecule has 1 unspecified atom stereocenters. The minimum Gasteiger partial charge on any atom is -0.483 e. The Hall–Kier alpha value is -4.77. The number of amidine groups is 1. The normalized spacial score (nSPS) is 14.3. The van der Waals surface area contributed by atoms with Crippen molar-refractivity contribution in [3.63, 3.8) is 0 Å². The standard InChI is InChI=1S/C34H29Cl3N6O4/c1-4-21-9-11-24(12-10-21)40-41-30-32(42-43(34(30)46)31-26(36)16-23(35)17-27(31)37)39-33(45)22-6-5-7-25(15-22)38-29(44)18-47-28-13-8-19(2)14-20(28)3/h5-17,30H,4,18H2,1-3H3,(H,38,44)(H,39,42,45). The molecule has 1 atom stereocenters. The van der Waals surface area contributed by atoms with Gasteiger partial charge in [0.2, 0.25) is 6.04 Å². The summed E-state index contributed by atoms with van der Waals surface area (Å²) in [6.45, 7) is 5.68. The monoisotopic (exact) mass is 690 g/mol. The van der Waals surface area contributed by atoms with Crippen LogP contribution >= 0.6 is 34.8 Å². The molecule has 0 aliphatic carbocycles. The predicted octanol–water partition coefficient (Wildman–Crippen LogP) is 8.09. The van der Waals surface area contributed by atoms with Crippen LogP contribution in [0, 0.1) is 13.8 Å². The molecule has 10 nitrogen and oxygen atoms in total. The number of aryl methyl sites for hydroxylation is 3. The van der Waals surface area contributed by atoms with E-state index in [4.69, 9.17) is 39.5 Å². The quantitative estimate of drug-likeness (QED) is 0.172. The number of hydrogen-bond donors (Lipinski definition) is 2. The van der Waals surface area contributed by atoms with Crippen molar-refractivity contribution >= 4 is 75.4 Å². The molecule has 0 aromatic heterocycles. The molecule has 2 N–H and O–H groups in total. The van der Waals surface area contributed by atoms with E-state index in [9.17, 15) is 14.4 Å². The molecule has 5 rings (SSSR count). The molecule has 0 saturated carbocycles. The van der Waals surface area contributed by atoms with E-state index in [1.807, 2.05) is 51.1 Å². The zero-order chi connectivity index (χ0) is 33.7. The maximum absolute atomic E-state index is 13.6. The second-order valence-electron chi connectivity index (χ2n) is 10.6. The third kappa shape index (κ3) is 8.15. The number of hydrogen-bond acceptors (Lipinski definition) is 7. The lowest BCUT2D eigenvalue weighted by Gasteiger charge is -2.15. The first kappa shape index (κ1) is 33.6. The lowest BCUT2D eigenvalue weighted by molar-refractivity contribution is -0.118. The molecular weight excluding hydrogens is 663 g/mol. The van der Waals surface area contributed by atoms with Crippen LogP contribution in [0.3, 0.4) is 0 Å². The zero-order valence-corrected chi connectivity index (χ0v) is 27.8. The molecule has 0 bridgehead atoms. The molecule has 0 saturated heterocycles. The van der Waals surface area contributed by atoms with Crippen LogP contribution in [0.1, 0.15) is 34.0 Å². The minimum absolute atomic E-state index is 0.0722. The van der Waals surface area contributed by atoms with E-state index in [0.717, 1.165) is 28.1 Å². The highest BCUT2D eigenvalue weighted by Crippen LogP contribution is 2.38. The van der Waals surface area contributed by atoms with Gasteiger partial charge >= 0.3 is 0 Å². The molecule has 4 aromatic carbocycles. The van der Waals surface area contributed by atoms with Gasteiger partial charge in [-0.15, -0.1) is 5.10 Å². The van der Waals surface area contributed by atoms with Gasteiger partial charge in [0.1, 0.15) is 11.4 Å². The Balaban J connectivity index is 1.35. The fourth-order valence-corrected chi connectivity index (χ4v) is 5.67. The van der Waals surface area contributed by atoms with Crippen molar-refractivity contribution in [3.05, 3.63) is 116 Å². The van der Waals surface area contributed by atoms with Crippen molar-refractivity contribution in [1.29, 1.82) is 0 Å². The summed E-state index contributed by atoms with van der Waals surface area (Å²) in [5.74, 6) is -1.17.